The molecule has 0 radical (unpaired) electrons. The van der Waals surface area contributed by atoms with Gasteiger partial charge in [-0.3, -0.25) is 4.72 Å². The zero-order valence-electron chi connectivity index (χ0n) is 19.6. The van der Waals surface area contributed by atoms with Gasteiger partial charge in [0.1, 0.15) is 18.6 Å². The molecule has 2 aliphatic carbocycles. The van der Waals surface area contributed by atoms with E-state index >= 15 is 0 Å². The largest absolute Gasteiger partial charge is 0.486 e. The van der Waals surface area contributed by atoms with E-state index in [2.05, 4.69) is 15.4 Å². The van der Waals surface area contributed by atoms with E-state index in [1.165, 1.54) is 6.42 Å². The Morgan fingerprint density at radius 1 is 0.971 bits per heavy atom. The van der Waals surface area contributed by atoms with Crippen LogP contribution < -0.4 is 15.2 Å². The van der Waals surface area contributed by atoms with E-state index in [4.69, 9.17) is 19.9 Å². The summed E-state index contributed by atoms with van der Waals surface area (Å²) in [6.07, 6.45) is 5.70. The van der Waals surface area contributed by atoms with Gasteiger partial charge >= 0.3 is 0 Å². The van der Waals surface area contributed by atoms with Crippen LogP contribution in [0.5, 0.6) is 5.75 Å². The summed E-state index contributed by atoms with van der Waals surface area (Å²) in [5, 5.41) is 0.715. The normalized spacial score (nSPS) is 19.9. The molecule has 1 aromatic heterocycles. The third-order valence-corrected chi connectivity index (χ3v) is 9.31. The first-order chi connectivity index (χ1) is 17.0. The fourth-order valence-corrected chi connectivity index (χ4v) is 6.65. The lowest BCUT2D eigenvalue weighted by molar-refractivity contribution is -0.143. The molecule has 1 saturated heterocycles. The first kappa shape index (κ1) is 22.7. The number of rotatable bonds is 7. The van der Waals surface area contributed by atoms with Crippen molar-refractivity contribution in [3.63, 3.8) is 0 Å². The minimum Gasteiger partial charge on any atom is -0.486 e. The smallest absolute Gasteiger partial charge is 0.235 e. The third-order valence-electron chi connectivity index (χ3n) is 7.44. The summed E-state index contributed by atoms with van der Waals surface area (Å²) in [5.74, 6) is 0.766. The highest BCUT2D eigenvalue weighted by Gasteiger charge is 2.31. The summed E-state index contributed by atoms with van der Waals surface area (Å²) >= 11 is 0. The van der Waals surface area contributed by atoms with Crippen molar-refractivity contribution in [1.82, 2.24) is 4.57 Å². The van der Waals surface area contributed by atoms with Crippen molar-refractivity contribution in [2.24, 2.45) is 0 Å². The Bertz CT molecular complexity index is 1320. The highest BCUT2D eigenvalue weighted by molar-refractivity contribution is 7.93. The fourth-order valence-electron chi connectivity index (χ4n) is 5.06. The quantitative estimate of drug-likeness (QED) is 0.492. The highest BCUT2D eigenvalue weighted by atomic mass is 32.2. The molecule has 3 fully saturated rings. The number of sulfonamides is 1. The number of nitrogens with one attached hydrogen (secondary N) is 1. The lowest BCUT2D eigenvalue weighted by atomic mass is 9.92. The van der Waals surface area contributed by atoms with Crippen LogP contribution in [0.25, 0.3) is 22.2 Å². The molecule has 35 heavy (non-hydrogen) atoms. The number of hydrogen-bond acceptors (Lipinski definition) is 6. The molecule has 0 spiro atoms. The Hall–Kier alpha value is -2.75. The molecule has 1 aliphatic heterocycles. The van der Waals surface area contributed by atoms with Crippen LogP contribution in [0.4, 0.5) is 11.4 Å². The SMILES string of the molecule is Nc1c(-c2ccc(NS(=O)(=O)C3CCC3)cc2)n(C2CCC2)c2cc(OC3COCOC3)ccc12. The van der Waals surface area contributed by atoms with Gasteiger partial charge in [0.25, 0.3) is 0 Å². The average Bonchev–Trinajstić information content (AvgIpc) is 3.04. The van der Waals surface area contributed by atoms with E-state index in [-0.39, 0.29) is 11.4 Å². The molecule has 2 saturated carbocycles. The summed E-state index contributed by atoms with van der Waals surface area (Å²) in [5.41, 5.74) is 11.0. The monoisotopic (exact) mass is 497 g/mol. The predicted molar refractivity (Wildman–Crippen MR) is 136 cm³/mol. The van der Waals surface area contributed by atoms with Crippen molar-refractivity contribution in [1.29, 1.82) is 0 Å². The fraction of sp³-hybridized carbons (Fsp3) is 0.462. The molecule has 6 rings (SSSR count). The lowest BCUT2D eigenvalue weighted by Gasteiger charge is -2.30. The van der Waals surface area contributed by atoms with Gasteiger partial charge in [-0.05, 0) is 56.4 Å². The van der Waals surface area contributed by atoms with Gasteiger partial charge < -0.3 is 24.5 Å². The standard InChI is InChI=1S/C26H31N3O5S/c27-25-23-12-11-20(34-21-14-32-16-33-15-21)13-24(23)29(19-3-1-4-19)26(25)17-7-9-18(10-8-17)28-35(30,31)22-5-2-6-22/h7-13,19,21-22,28H,1-6,14-16,27H2. The molecule has 3 aromatic rings. The summed E-state index contributed by atoms with van der Waals surface area (Å²) < 4.78 is 46.9. The Kier molecular flexibility index (Phi) is 5.86. The molecular weight excluding hydrogens is 466 g/mol. The van der Waals surface area contributed by atoms with E-state index in [1.54, 1.807) is 0 Å². The van der Waals surface area contributed by atoms with E-state index in [9.17, 15) is 8.42 Å². The third kappa shape index (κ3) is 4.26. The Morgan fingerprint density at radius 2 is 1.69 bits per heavy atom. The molecule has 9 heteroatoms. The van der Waals surface area contributed by atoms with Gasteiger partial charge in [-0.1, -0.05) is 18.6 Å². The summed E-state index contributed by atoms with van der Waals surface area (Å²) in [7, 11) is -3.33. The maximum absolute atomic E-state index is 12.5. The Balaban J connectivity index is 1.34. The topological polar surface area (TPSA) is 105 Å². The number of nitrogen functional groups attached to an aromatic ring is 1. The van der Waals surface area contributed by atoms with Crippen LogP contribution >= 0.6 is 0 Å². The number of nitrogens with zero attached hydrogens (tertiary/aromatic N) is 1. The van der Waals surface area contributed by atoms with E-state index in [0.717, 1.165) is 65.7 Å². The Morgan fingerprint density at radius 3 is 2.31 bits per heavy atom. The average molecular weight is 498 g/mol. The molecule has 3 aliphatic rings. The molecule has 186 valence electrons. The highest BCUT2D eigenvalue weighted by Crippen LogP contribution is 2.45. The van der Waals surface area contributed by atoms with Crippen molar-refractivity contribution in [2.75, 3.05) is 30.5 Å². The van der Waals surface area contributed by atoms with Gasteiger partial charge in [-0.2, -0.15) is 0 Å². The lowest BCUT2D eigenvalue weighted by Crippen LogP contribution is -2.33. The van der Waals surface area contributed by atoms with Gasteiger partial charge in [0.2, 0.25) is 10.0 Å². The number of fused-ring (bicyclic) bond motifs is 1. The number of hydrogen-bond donors (Lipinski definition) is 2. The molecule has 2 aromatic carbocycles. The maximum Gasteiger partial charge on any atom is 0.235 e. The molecule has 2 heterocycles. The zero-order valence-corrected chi connectivity index (χ0v) is 20.4. The van der Waals surface area contributed by atoms with Crippen molar-refractivity contribution < 1.29 is 22.6 Å². The van der Waals surface area contributed by atoms with Crippen LogP contribution in [-0.2, 0) is 19.5 Å². The summed E-state index contributed by atoms with van der Waals surface area (Å²) in [6.45, 7) is 1.32. The molecule has 3 N–H and O–H groups in total. The number of nitrogens with two attached hydrogens (primary N) is 1. The summed E-state index contributed by atoms with van der Waals surface area (Å²) in [4.78, 5) is 0. The Labute approximate surface area is 205 Å². The number of benzene rings is 2. The van der Waals surface area contributed by atoms with E-state index in [0.29, 0.717) is 31.7 Å². The minimum atomic E-state index is -3.33. The molecular formula is C26H31N3O5S. The van der Waals surface area contributed by atoms with E-state index < -0.39 is 10.0 Å². The van der Waals surface area contributed by atoms with Crippen LogP contribution in [0.1, 0.15) is 44.6 Å². The predicted octanol–water partition coefficient (Wildman–Crippen LogP) is 4.66. The molecule has 0 bridgehead atoms. The van der Waals surface area contributed by atoms with Crippen LogP contribution in [0.15, 0.2) is 42.5 Å². The summed E-state index contributed by atoms with van der Waals surface area (Å²) in [6, 6.07) is 13.9. The number of anilines is 2. The van der Waals surface area contributed by atoms with Crippen molar-refractivity contribution >= 4 is 32.3 Å². The second-order valence-corrected chi connectivity index (χ2v) is 11.7. The van der Waals surface area contributed by atoms with Gasteiger partial charge in [0, 0.05) is 28.7 Å². The molecule has 0 amide bonds. The number of aromatic nitrogens is 1. The van der Waals surface area contributed by atoms with Gasteiger partial charge in [0.15, 0.2) is 0 Å². The zero-order chi connectivity index (χ0) is 24.0. The second kappa shape index (κ2) is 9.04. The van der Waals surface area contributed by atoms with Gasteiger partial charge in [0.05, 0.1) is 35.4 Å². The molecule has 0 atom stereocenters. The minimum absolute atomic E-state index is 0.138. The van der Waals surface area contributed by atoms with Crippen molar-refractivity contribution in [3.8, 4) is 17.0 Å². The molecule has 8 nitrogen and oxygen atoms in total. The second-order valence-electron chi connectivity index (χ2n) is 9.77. The van der Waals surface area contributed by atoms with Crippen LogP contribution in [0.2, 0.25) is 0 Å². The van der Waals surface area contributed by atoms with Gasteiger partial charge in [-0.25, -0.2) is 8.42 Å². The van der Waals surface area contributed by atoms with Gasteiger partial charge in [-0.15, -0.1) is 0 Å². The van der Waals surface area contributed by atoms with E-state index in [1.807, 2.05) is 36.4 Å². The van der Waals surface area contributed by atoms with Crippen LogP contribution in [0, 0.1) is 0 Å². The van der Waals surface area contributed by atoms with Crippen molar-refractivity contribution in [2.45, 2.75) is 55.9 Å². The molecule has 0 unspecified atom stereocenters. The first-order valence-corrected chi connectivity index (χ1v) is 13.9. The van der Waals surface area contributed by atoms with Crippen molar-refractivity contribution in [3.05, 3.63) is 42.5 Å². The van der Waals surface area contributed by atoms with Crippen LogP contribution in [0.3, 0.4) is 0 Å². The van der Waals surface area contributed by atoms with Crippen LogP contribution in [-0.4, -0.2) is 44.3 Å². The number of ether oxygens (including phenoxy) is 3. The maximum atomic E-state index is 12.5. The first-order valence-electron chi connectivity index (χ1n) is 12.4.